The van der Waals surface area contributed by atoms with Gasteiger partial charge in [-0.05, 0) is 29.8 Å². The highest BCUT2D eigenvalue weighted by molar-refractivity contribution is 5.79. The Balaban J connectivity index is 1.87. The minimum absolute atomic E-state index is 0.275. The molecule has 0 aliphatic rings. The van der Waals surface area contributed by atoms with Gasteiger partial charge in [0.1, 0.15) is 24.4 Å². The fourth-order valence-corrected chi connectivity index (χ4v) is 1.46. The number of hydrogen-bond acceptors (Lipinski definition) is 3. The van der Waals surface area contributed by atoms with Crippen molar-refractivity contribution in [3.8, 4) is 5.75 Å². The number of methoxy groups -OCH3 is 1. The molecular formula is C15H13FNO2. The summed E-state index contributed by atoms with van der Waals surface area (Å²) in [5.41, 5.74) is 1.22. The molecule has 19 heavy (non-hydrogen) atoms. The number of hydrogen-bond donors (Lipinski definition) is 0. The van der Waals surface area contributed by atoms with E-state index < -0.39 is 0 Å². The summed E-state index contributed by atoms with van der Waals surface area (Å²) in [5, 5.41) is 3.62. The van der Waals surface area contributed by atoms with Gasteiger partial charge in [0, 0.05) is 5.56 Å². The lowest BCUT2D eigenvalue weighted by Gasteiger charge is -2.02. The average Bonchev–Trinajstić information content (AvgIpc) is 2.46. The molecule has 0 unspecified atom stereocenters. The Morgan fingerprint density at radius 2 is 1.84 bits per heavy atom. The summed E-state index contributed by atoms with van der Waals surface area (Å²) in [7, 11) is 1.61. The van der Waals surface area contributed by atoms with Crippen LogP contribution in [-0.4, -0.2) is 13.3 Å². The molecule has 0 atom stereocenters. The molecule has 0 spiro atoms. The van der Waals surface area contributed by atoms with E-state index in [9.17, 15) is 4.39 Å². The Morgan fingerprint density at radius 3 is 2.53 bits per heavy atom. The molecule has 0 aromatic heterocycles. The van der Waals surface area contributed by atoms with Gasteiger partial charge in [0.25, 0.3) is 0 Å². The predicted molar refractivity (Wildman–Crippen MR) is 70.7 cm³/mol. The number of benzene rings is 2. The lowest BCUT2D eigenvalue weighted by molar-refractivity contribution is 0.132. The number of rotatable bonds is 5. The van der Waals surface area contributed by atoms with E-state index in [4.69, 9.17) is 9.57 Å². The topological polar surface area (TPSA) is 30.8 Å². The Hall–Kier alpha value is -2.36. The minimum Gasteiger partial charge on any atom is -0.497 e. The first kappa shape index (κ1) is 13.1. The van der Waals surface area contributed by atoms with Gasteiger partial charge in [-0.3, -0.25) is 0 Å². The summed E-state index contributed by atoms with van der Waals surface area (Å²) in [6.07, 6.45) is 2.51. The second kappa shape index (κ2) is 6.54. The van der Waals surface area contributed by atoms with Crippen LogP contribution in [0.2, 0.25) is 0 Å². The average molecular weight is 258 g/mol. The molecule has 0 aliphatic carbocycles. The van der Waals surface area contributed by atoms with Crippen LogP contribution in [0.25, 0.3) is 0 Å². The number of nitrogens with zero attached hydrogens (tertiary/aromatic N) is 1. The van der Waals surface area contributed by atoms with Gasteiger partial charge in [-0.15, -0.1) is 0 Å². The lowest BCUT2D eigenvalue weighted by Crippen LogP contribution is -1.91. The fourth-order valence-electron chi connectivity index (χ4n) is 1.46. The predicted octanol–water partition coefficient (Wildman–Crippen LogP) is 3.26. The van der Waals surface area contributed by atoms with Crippen LogP contribution in [0.15, 0.2) is 53.7 Å². The molecule has 97 valence electrons. The summed E-state index contributed by atoms with van der Waals surface area (Å²) in [5.74, 6) is 0.407. The maximum atomic E-state index is 13.2. The molecule has 3 nitrogen and oxygen atoms in total. The standard InChI is InChI=1S/C15H13FNO2/c1-18-14-8-6-12(7-9-14)11-19-17-10-13-4-2-3-5-15(13)16/h2-9H,11H2,1H3. The van der Waals surface area contributed by atoms with Crippen molar-refractivity contribution in [2.45, 2.75) is 6.61 Å². The van der Waals surface area contributed by atoms with Crippen molar-refractivity contribution >= 4 is 6.21 Å². The molecule has 2 rings (SSSR count). The monoisotopic (exact) mass is 258 g/mol. The van der Waals surface area contributed by atoms with Gasteiger partial charge in [0.05, 0.1) is 7.11 Å². The van der Waals surface area contributed by atoms with E-state index in [-0.39, 0.29) is 11.4 Å². The summed E-state index contributed by atoms with van der Waals surface area (Å²) >= 11 is 0. The SMILES string of the molecule is COc1ccc(CO/N=[C]\c2ccccc2F)cc1. The third-order valence-corrected chi connectivity index (χ3v) is 2.49. The zero-order valence-electron chi connectivity index (χ0n) is 10.5. The van der Waals surface area contributed by atoms with Gasteiger partial charge in [0.15, 0.2) is 0 Å². The molecule has 0 N–H and O–H groups in total. The van der Waals surface area contributed by atoms with E-state index in [1.54, 1.807) is 25.3 Å². The minimum atomic E-state index is -0.376. The van der Waals surface area contributed by atoms with Gasteiger partial charge in [-0.2, -0.15) is 0 Å². The maximum Gasteiger partial charge on any atom is 0.142 e. The largest absolute Gasteiger partial charge is 0.497 e. The van der Waals surface area contributed by atoms with Crippen LogP contribution < -0.4 is 4.74 Å². The van der Waals surface area contributed by atoms with Crippen molar-refractivity contribution in [3.05, 3.63) is 65.5 Å². The van der Waals surface area contributed by atoms with Gasteiger partial charge in [-0.25, -0.2) is 4.39 Å². The molecule has 0 bridgehead atoms. The molecule has 4 heteroatoms. The first-order chi connectivity index (χ1) is 9.29. The second-order valence-electron chi connectivity index (χ2n) is 3.80. The summed E-state index contributed by atoms with van der Waals surface area (Å²) in [6.45, 7) is 0.297. The van der Waals surface area contributed by atoms with E-state index >= 15 is 0 Å². The van der Waals surface area contributed by atoms with Gasteiger partial charge in [-0.1, -0.05) is 29.4 Å². The van der Waals surface area contributed by atoms with E-state index in [0.717, 1.165) is 11.3 Å². The Labute approximate surface area is 111 Å². The Bertz CT molecular complexity index is 552. The van der Waals surface area contributed by atoms with Gasteiger partial charge < -0.3 is 9.57 Å². The van der Waals surface area contributed by atoms with E-state index in [2.05, 4.69) is 11.4 Å². The fraction of sp³-hybridized carbons (Fsp3) is 0.133. The zero-order valence-corrected chi connectivity index (χ0v) is 10.5. The van der Waals surface area contributed by atoms with Crippen LogP contribution in [0, 0.1) is 5.82 Å². The smallest absolute Gasteiger partial charge is 0.142 e. The van der Waals surface area contributed by atoms with Crippen molar-refractivity contribution < 1.29 is 14.0 Å². The van der Waals surface area contributed by atoms with Crippen LogP contribution in [0.3, 0.4) is 0 Å². The first-order valence-electron chi connectivity index (χ1n) is 5.75. The molecule has 0 saturated heterocycles. The maximum absolute atomic E-state index is 13.2. The molecule has 0 saturated carbocycles. The van der Waals surface area contributed by atoms with E-state index in [1.807, 2.05) is 24.3 Å². The highest BCUT2D eigenvalue weighted by atomic mass is 19.1. The van der Waals surface area contributed by atoms with Crippen LogP contribution in [-0.2, 0) is 11.4 Å². The molecule has 0 aliphatic heterocycles. The summed E-state index contributed by atoms with van der Waals surface area (Å²) in [6, 6.07) is 13.7. The van der Waals surface area contributed by atoms with Gasteiger partial charge >= 0.3 is 0 Å². The Kier molecular flexibility index (Phi) is 4.50. The van der Waals surface area contributed by atoms with Crippen molar-refractivity contribution in [1.29, 1.82) is 0 Å². The third kappa shape index (κ3) is 3.81. The van der Waals surface area contributed by atoms with Crippen molar-refractivity contribution in [1.82, 2.24) is 0 Å². The number of halogens is 1. The third-order valence-electron chi connectivity index (χ3n) is 2.49. The molecule has 0 heterocycles. The molecule has 2 aromatic rings. The van der Waals surface area contributed by atoms with E-state index in [1.165, 1.54) is 6.07 Å². The van der Waals surface area contributed by atoms with Crippen molar-refractivity contribution in [3.63, 3.8) is 0 Å². The normalized spacial score (nSPS) is 10.6. The molecule has 0 fully saturated rings. The molecular weight excluding hydrogens is 245 g/mol. The van der Waals surface area contributed by atoms with Crippen LogP contribution in [0.1, 0.15) is 11.1 Å². The Morgan fingerprint density at radius 1 is 1.11 bits per heavy atom. The van der Waals surface area contributed by atoms with Gasteiger partial charge in [0.2, 0.25) is 0 Å². The quantitative estimate of drug-likeness (QED) is 0.608. The van der Waals surface area contributed by atoms with Crippen molar-refractivity contribution in [2.24, 2.45) is 5.16 Å². The van der Waals surface area contributed by atoms with Crippen LogP contribution in [0.4, 0.5) is 4.39 Å². The summed E-state index contributed by atoms with van der Waals surface area (Å²) in [4.78, 5) is 5.06. The number of ether oxygens (including phenoxy) is 1. The van der Waals surface area contributed by atoms with E-state index in [0.29, 0.717) is 6.61 Å². The second-order valence-corrected chi connectivity index (χ2v) is 3.80. The van der Waals surface area contributed by atoms with Crippen LogP contribution in [0.5, 0.6) is 5.75 Å². The molecule has 2 aromatic carbocycles. The molecule has 0 amide bonds. The summed E-state index contributed by atoms with van der Waals surface area (Å²) < 4.78 is 18.3. The lowest BCUT2D eigenvalue weighted by atomic mass is 10.2. The van der Waals surface area contributed by atoms with Crippen molar-refractivity contribution in [2.75, 3.05) is 7.11 Å². The van der Waals surface area contributed by atoms with Crippen LogP contribution >= 0.6 is 0 Å². The molecule has 1 radical (unpaired) electrons. The first-order valence-corrected chi connectivity index (χ1v) is 5.75. The highest BCUT2D eigenvalue weighted by Gasteiger charge is 1.97. The zero-order chi connectivity index (χ0) is 13.5. The highest BCUT2D eigenvalue weighted by Crippen LogP contribution is 2.12.